The van der Waals surface area contributed by atoms with Gasteiger partial charge in [-0.1, -0.05) is 12.1 Å². The van der Waals surface area contributed by atoms with E-state index in [1.807, 2.05) is 12.1 Å². The van der Waals surface area contributed by atoms with Crippen LogP contribution in [-0.2, 0) is 6.42 Å². The van der Waals surface area contributed by atoms with Crippen LogP contribution in [0.15, 0.2) is 51.5 Å². The van der Waals surface area contributed by atoms with Crippen molar-refractivity contribution in [3.05, 3.63) is 54.2 Å². The van der Waals surface area contributed by atoms with Gasteiger partial charge in [0, 0.05) is 18.4 Å². The highest BCUT2D eigenvalue weighted by Gasteiger charge is 2.24. The molecule has 0 spiro atoms. The summed E-state index contributed by atoms with van der Waals surface area (Å²) in [4.78, 5) is 12.3. The molecule has 1 amide bonds. The van der Waals surface area contributed by atoms with E-state index in [2.05, 4.69) is 5.32 Å². The minimum absolute atomic E-state index is 0.0702. The van der Waals surface area contributed by atoms with Crippen molar-refractivity contribution < 1.29 is 23.5 Å². The first-order valence-electron chi connectivity index (χ1n) is 7.58. The van der Waals surface area contributed by atoms with E-state index in [1.54, 1.807) is 44.6 Å². The number of amides is 1. The predicted octanol–water partition coefficient (Wildman–Crippen LogP) is 2.76. The number of rotatable bonds is 6. The maximum Gasteiger partial charge on any atom is 0.287 e. The number of benzene rings is 1. The molecule has 0 aliphatic heterocycles. The molecule has 2 N–H and O–H groups in total. The Hall–Kier alpha value is -2.73. The van der Waals surface area contributed by atoms with Crippen LogP contribution in [0, 0.1) is 0 Å². The number of hydrogen-bond acceptors (Lipinski definition) is 5. The molecule has 0 radical (unpaired) electrons. The molecule has 3 aromatic rings. The number of aliphatic hydroxyl groups is 1. The van der Waals surface area contributed by atoms with Crippen LogP contribution in [0.1, 0.15) is 23.2 Å². The van der Waals surface area contributed by atoms with Crippen LogP contribution >= 0.6 is 0 Å². The van der Waals surface area contributed by atoms with E-state index < -0.39 is 11.5 Å². The molecule has 0 aliphatic carbocycles. The molecule has 2 aromatic heterocycles. The standard InChI is InChI=1S/C18H19NO5/c1-18(21,10-13-6-4-8-23-13)11-19-17(20)15-9-12-5-3-7-14(22-2)16(12)24-15/h3-9,21H,10-11H2,1-2H3,(H,19,20). The molecule has 1 unspecified atom stereocenters. The zero-order valence-electron chi connectivity index (χ0n) is 13.5. The zero-order chi connectivity index (χ0) is 17.2. The fourth-order valence-corrected chi connectivity index (χ4v) is 2.52. The van der Waals surface area contributed by atoms with Crippen LogP contribution in [0.2, 0.25) is 0 Å². The van der Waals surface area contributed by atoms with Gasteiger partial charge in [-0.3, -0.25) is 4.79 Å². The summed E-state index contributed by atoms with van der Waals surface area (Å²) in [7, 11) is 1.54. The molecule has 0 saturated heterocycles. The highest BCUT2D eigenvalue weighted by molar-refractivity contribution is 5.97. The Balaban J connectivity index is 1.68. The van der Waals surface area contributed by atoms with Gasteiger partial charge in [0.1, 0.15) is 5.76 Å². The average Bonchev–Trinajstić information content (AvgIpc) is 3.20. The lowest BCUT2D eigenvalue weighted by Gasteiger charge is -2.22. The topological polar surface area (TPSA) is 84.8 Å². The number of fused-ring (bicyclic) bond motifs is 1. The molecule has 0 saturated carbocycles. The Kier molecular flexibility index (Phi) is 4.31. The Morgan fingerprint density at radius 1 is 1.33 bits per heavy atom. The van der Waals surface area contributed by atoms with Gasteiger partial charge in [0.05, 0.1) is 19.0 Å². The smallest absolute Gasteiger partial charge is 0.287 e. The summed E-state index contributed by atoms with van der Waals surface area (Å²) in [6.07, 6.45) is 1.85. The van der Waals surface area contributed by atoms with E-state index in [1.165, 1.54) is 0 Å². The third-order valence-corrected chi connectivity index (χ3v) is 3.72. The minimum Gasteiger partial charge on any atom is -0.493 e. The lowest BCUT2D eigenvalue weighted by atomic mass is 10.0. The van der Waals surface area contributed by atoms with E-state index in [-0.39, 0.29) is 12.3 Å². The number of nitrogens with one attached hydrogen (secondary N) is 1. The molecule has 126 valence electrons. The molecule has 2 heterocycles. The van der Waals surface area contributed by atoms with E-state index in [0.29, 0.717) is 23.5 Å². The summed E-state index contributed by atoms with van der Waals surface area (Å²) < 4.78 is 16.0. The number of hydrogen-bond donors (Lipinski definition) is 2. The van der Waals surface area contributed by atoms with Crippen molar-refractivity contribution in [1.29, 1.82) is 0 Å². The molecule has 6 heteroatoms. The Morgan fingerprint density at radius 3 is 2.88 bits per heavy atom. The first-order chi connectivity index (χ1) is 11.5. The van der Waals surface area contributed by atoms with Gasteiger partial charge in [-0.15, -0.1) is 0 Å². The summed E-state index contributed by atoms with van der Waals surface area (Å²) >= 11 is 0. The molecular formula is C18H19NO5. The van der Waals surface area contributed by atoms with Crippen LogP contribution in [-0.4, -0.2) is 30.3 Å². The lowest BCUT2D eigenvalue weighted by molar-refractivity contribution is 0.0504. The molecule has 1 atom stereocenters. The Bertz CT molecular complexity index is 832. The van der Waals surface area contributed by atoms with E-state index in [9.17, 15) is 9.90 Å². The molecular weight excluding hydrogens is 310 g/mol. The maximum atomic E-state index is 12.3. The first kappa shape index (κ1) is 16.1. The van der Waals surface area contributed by atoms with Crippen LogP contribution in [0.25, 0.3) is 11.0 Å². The van der Waals surface area contributed by atoms with Gasteiger partial charge in [-0.25, -0.2) is 0 Å². The van der Waals surface area contributed by atoms with Crippen LogP contribution in [0.4, 0.5) is 0 Å². The second-order valence-electron chi connectivity index (χ2n) is 5.93. The van der Waals surface area contributed by atoms with Gasteiger partial charge in [0.2, 0.25) is 0 Å². The number of carbonyl (C=O) groups excluding carboxylic acids is 1. The fourth-order valence-electron chi connectivity index (χ4n) is 2.52. The predicted molar refractivity (Wildman–Crippen MR) is 88.1 cm³/mol. The van der Waals surface area contributed by atoms with Crippen LogP contribution < -0.4 is 10.1 Å². The van der Waals surface area contributed by atoms with E-state index >= 15 is 0 Å². The Labute approximate surface area is 139 Å². The van der Waals surface area contributed by atoms with Gasteiger partial charge in [-0.05, 0) is 31.2 Å². The average molecular weight is 329 g/mol. The molecule has 3 rings (SSSR count). The highest BCUT2D eigenvalue weighted by Crippen LogP contribution is 2.28. The molecule has 1 aromatic carbocycles. The van der Waals surface area contributed by atoms with Gasteiger partial charge in [-0.2, -0.15) is 0 Å². The first-order valence-corrected chi connectivity index (χ1v) is 7.58. The monoisotopic (exact) mass is 329 g/mol. The van der Waals surface area contributed by atoms with E-state index in [0.717, 1.165) is 5.39 Å². The summed E-state index contributed by atoms with van der Waals surface area (Å²) in [6.45, 7) is 1.71. The summed E-state index contributed by atoms with van der Waals surface area (Å²) in [5.41, 5.74) is -0.607. The maximum absolute atomic E-state index is 12.3. The third kappa shape index (κ3) is 3.44. The van der Waals surface area contributed by atoms with Crippen LogP contribution in [0.3, 0.4) is 0 Å². The second kappa shape index (κ2) is 6.41. The molecule has 0 aliphatic rings. The molecule has 24 heavy (non-hydrogen) atoms. The number of methoxy groups -OCH3 is 1. The van der Waals surface area contributed by atoms with Crippen molar-refractivity contribution in [1.82, 2.24) is 5.32 Å². The SMILES string of the molecule is COc1cccc2cc(C(=O)NCC(C)(O)Cc3ccco3)oc12. The van der Waals surface area contributed by atoms with Crippen molar-refractivity contribution in [3.8, 4) is 5.75 Å². The Morgan fingerprint density at radius 2 is 2.17 bits per heavy atom. The van der Waals surface area contributed by atoms with Crippen molar-refractivity contribution >= 4 is 16.9 Å². The second-order valence-corrected chi connectivity index (χ2v) is 5.93. The number of para-hydroxylation sites is 1. The number of ether oxygens (including phenoxy) is 1. The fraction of sp³-hybridized carbons (Fsp3) is 0.278. The van der Waals surface area contributed by atoms with Gasteiger partial charge < -0.3 is 24.0 Å². The quantitative estimate of drug-likeness (QED) is 0.726. The van der Waals surface area contributed by atoms with E-state index in [4.69, 9.17) is 13.6 Å². The summed E-state index contributed by atoms with van der Waals surface area (Å²) in [5.74, 6) is 0.996. The van der Waals surface area contributed by atoms with Crippen molar-refractivity contribution in [2.75, 3.05) is 13.7 Å². The molecule has 0 fully saturated rings. The zero-order valence-corrected chi connectivity index (χ0v) is 13.5. The number of carbonyl (C=O) groups is 1. The molecule has 0 bridgehead atoms. The van der Waals surface area contributed by atoms with Gasteiger partial charge >= 0.3 is 0 Å². The summed E-state index contributed by atoms with van der Waals surface area (Å²) in [6, 6.07) is 10.6. The third-order valence-electron chi connectivity index (χ3n) is 3.72. The largest absolute Gasteiger partial charge is 0.493 e. The molecule has 6 nitrogen and oxygen atoms in total. The van der Waals surface area contributed by atoms with Gasteiger partial charge in [0.15, 0.2) is 17.1 Å². The lowest BCUT2D eigenvalue weighted by Crippen LogP contribution is -2.42. The summed E-state index contributed by atoms with van der Waals surface area (Å²) in [5, 5.41) is 13.8. The van der Waals surface area contributed by atoms with Crippen molar-refractivity contribution in [2.45, 2.75) is 18.9 Å². The van der Waals surface area contributed by atoms with Crippen molar-refractivity contribution in [2.24, 2.45) is 0 Å². The highest BCUT2D eigenvalue weighted by atomic mass is 16.5. The van der Waals surface area contributed by atoms with Gasteiger partial charge in [0.25, 0.3) is 5.91 Å². The normalized spacial score (nSPS) is 13.6. The van der Waals surface area contributed by atoms with Crippen LogP contribution in [0.5, 0.6) is 5.75 Å². The van der Waals surface area contributed by atoms with Crippen molar-refractivity contribution in [3.63, 3.8) is 0 Å². The minimum atomic E-state index is -1.13. The number of furan rings is 2.